The van der Waals surface area contributed by atoms with Crippen molar-refractivity contribution >= 4 is 28.8 Å². The van der Waals surface area contributed by atoms with Crippen LogP contribution in [0.15, 0.2) is 54.9 Å². The fourth-order valence-electron chi connectivity index (χ4n) is 2.62. The highest BCUT2D eigenvalue weighted by Gasteiger charge is 2.16. The molecule has 0 radical (unpaired) electrons. The molecule has 2 aromatic carbocycles. The van der Waals surface area contributed by atoms with E-state index in [9.17, 15) is 4.79 Å². The molecule has 0 aliphatic rings. The van der Waals surface area contributed by atoms with Gasteiger partial charge in [0.1, 0.15) is 0 Å². The van der Waals surface area contributed by atoms with Gasteiger partial charge in [-0.3, -0.25) is 10.1 Å². The Morgan fingerprint density at radius 2 is 1.96 bits per heavy atom. The third-order valence-electron chi connectivity index (χ3n) is 3.69. The van der Waals surface area contributed by atoms with Gasteiger partial charge in [0.15, 0.2) is 5.95 Å². The molecule has 4 rings (SSSR count). The molecule has 2 aromatic heterocycles. The van der Waals surface area contributed by atoms with E-state index in [0.29, 0.717) is 22.5 Å². The topological polar surface area (TPSA) is 112 Å². The molecule has 0 aliphatic carbocycles. The number of carbonyl (C=O) groups is 1. The van der Waals surface area contributed by atoms with Crippen LogP contribution in [-0.2, 0) is 0 Å². The minimum atomic E-state index is -0.295. The van der Waals surface area contributed by atoms with Crippen LogP contribution < -0.4 is 11.1 Å². The van der Waals surface area contributed by atoms with Crippen molar-refractivity contribution < 1.29 is 4.79 Å². The highest BCUT2D eigenvalue weighted by molar-refractivity contribution is 6.12. The number of rotatable bonds is 3. The van der Waals surface area contributed by atoms with Crippen LogP contribution in [0.1, 0.15) is 10.4 Å². The minimum absolute atomic E-state index is 0.266. The number of carbonyl (C=O) groups excluding carboxylic acids is 1. The highest BCUT2D eigenvalue weighted by Crippen LogP contribution is 2.27. The van der Waals surface area contributed by atoms with Crippen molar-refractivity contribution in [2.45, 2.75) is 0 Å². The number of nitrogen functional groups attached to an aromatic ring is 1. The summed E-state index contributed by atoms with van der Waals surface area (Å²) in [6, 6.07) is 13.5. The van der Waals surface area contributed by atoms with E-state index >= 15 is 0 Å². The maximum atomic E-state index is 12.7. The van der Waals surface area contributed by atoms with Crippen LogP contribution in [0.5, 0.6) is 0 Å². The third-order valence-corrected chi connectivity index (χ3v) is 3.69. The lowest BCUT2D eigenvalue weighted by Gasteiger charge is -2.07. The third kappa shape index (κ3) is 2.48. The zero-order valence-corrected chi connectivity index (χ0v) is 12.6. The number of hydrogen-bond donors (Lipinski definition) is 4. The molecule has 0 aliphatic heterocycles. The van der Waals surface area contributed by atoms with Crippen molar-refractivity contribution in [3.05, 3.63) is 60.4 Å². The summed E-state index contributed by atoms with van der Waals surface area (Å²) < 4.78 is 0. The Kier molecular flexibility index (Phi) is 3.24. The summed E-state index contributed by atoms with van der Waals surface area (Å²) in [6.07, 6.45) is 3.21. The Hall–Kier alpha value is -3.61. The number of nitrogens with zero attached hydrogens (tertiary/aromatic N) is 2. The molecule has 5 N–H and O–H groups in total. The first-order valence-electron chi connectivity index (χ1n) is 7.36. The monoisotopic (exact) mass is 318 g/mol. The van der Waals surface area contributed by atoms with E-state index in [4.69, 9.17) is 5.73 Å². The van der Waals surface area contributed by atoms with E-state index in [-0.39, 0.29) is 11.9 Å². The Labute approximate surface area is 137 Å². The van der Waals surface area contributed by atoms with E-state index in [2.05, 4.69) is 25.3 Å². The molecule has 118 valence electrons. The standard InChI is InChI=1S/C17H14N6O/c18-16-21-13-9-11(10-4-2-1-3-5-10)8-12(14(13)22-16)15(24)23-17-19-6-7-20-17/h1-9H,(H3,18,21,22)(H2,19,20,23,24). The molecule has 0 atom stereocenters. The second-order valence-corrected chi connectivity index (χ2v) is 5.30. The first kappa shape index (κ1) is 14.0. The normalized spacial score (nSPS) is 10.8. The number of hydrogen-bond acceptors (Lipinski definition) is 4. The lowest BCUT2D eigenvalue weighted by atomic mass is 10.0. The Balaban J connectivity index is 1.84. The van der Waals surface area contributed by atoms with Gasteiger partial charge in [-0.1, -0.05) is 30.3 Å². The molecular formula is C17H14N6O. The van der Waals surface area contributed by atoms with Crippen molar-refractivity contribution in [1.82, 2.24) is 19.9 Å². The zero-order valence-electron chi connectivity index (χ0n) is 12.6. The van der Waals surface area contributed by atoms with Crippen molar-refractivity contribution in [3.8, 4) is 11.1 Å². The number of aromatic amines is 2. The average molecular weight is 318 g/mol. The fraction of sp³-hybridized carbons (Fsp3) is 0. The van der Waals surface area contributed by atoms with Gasteiger partial charge < -0.3 is 15.7 Å². The minimum Gasteiger partial charge on any atom is -0.369 e. The SMILES string of the molecule is Nc1nc2cc(-c3ccccc3)cc(C(=O)Nc3ncc[nH]3)c2[nH]1. The van der Waals surface area contributed by atoms with Gasteiger partial charge >= 0.3 is 0 Å². The number of aromatic nitrogens is 4. The molecule has 24 heavy (non-hydrogen) atoms. The smallest absolute Gasteiger partial charge is 0.260 e. The summed E-state index contributed by atoms with van der Waals surface area (Å²) in [6.45, 7) is 0. The molecule has 0 saturated carbocycles. The largest absolute Gasteiger partial charge is 0.369 e. The Morgan fingerprint density at radius 3 is 2.71 bits per heavy atom. The van der Waals surface area contributed by atoms with Crippen LogP contribution in [0.4, 0.5) is 11.9 Å². The predicted octanol–water partition coefficient (Wildman–Crippen LogP) is 2.79. The van der Waals surface area contributed by atoms with Gasteiger partial charge in [0.05, 0.1) is 16.6 Å². The van der Waals surface area contributed by atoms with E-state index in [1.165, 1.54) is 0 Å². The number of benzene rings is 2. The number of nitrogens with one attached hydrogen (secondary N) is 3. The summed E-state index contributed by atoms with van der Waals surface area (Å²) in [5.74, 6) is 0.351. The maximum Gasteiger partial charge on any atom is 0.260 e. The van der Waals surface area contributed by atoms with Gasteiger partial charge in [-0.2, -0.15) is 0 Å². The second-order valence-electron chi connectivity index (χ2n) is 5.30. The molecule has 2 heterocycles. The number of H-pyrrole nitrogens is 2. The van der Waals surface area contributed by atoms with Crippen molar-refractivity contribution in [3.63, 3.8) is 0 Å². The number of nitrogens with two attached hydrogens (primary N) is 1. The van der Waals surface area contributed by atoms with Crippen LogP contribution in [-0.4, -0.2) is 25.8 Å². The van der Waals surface area contributed by atoms with Crippen LogP contribution in [0.3, 0.4) is 0 Å². The molecular weight excluding hydrogens is 304 g/mol. The molecule has 0 unspecified atom stereocenters. The summed E-state index contributed by atoms with van der Waals surface area (Å²) in [4.78, 5) is 26.7. The average Bonchev–Trinajstić information content (AvgIpc) is 3.22. The lowest BCUT2D eigenvalue weighted by Crippen LogP contribution is -2.13. The van der Waals surface area contributed by atoms with Crippen LogP contribution in [0.2, 0.25) is 0 Å². The summed E-state index contributed by atoms with van der Waals surface area (Å²) >= 11 is 0. The van der Waals surface area contributed by atoms with Crippen LogP contribution in [0, 0.1) is 0 Å². The first-order valence-corrected chi connectivity index (χ1v) is 7.36. The lowest BCUT2D eigenvalue weighted by molar-refractivity contribution is 0.102. The Morgan fingerprint density at radius 1 is 1.12 bits per heavy atom. The summed E-state index contributed by atoms with van der Waals surface area (Å²) in [5, 5.41) is 2.72. The van der Waals surface area contributed by atoms with Crippen molar-refractivity contribution in [2.75, 3.05) is 11.1 Å². The van der Waals surface area contributed by atoms with Gasteiger partial charge in [-0.25, -0.2) is 9.97 Å². The van der Waals surface area contributed by atoms with E-state index in [1.807, 2.05) is 42.5 Å². The van der Waals surface area contributed by atoms with E-state index < -0.39 is 0 Å². The molecule has 7 heteroatoms. The van der Waals surface area contributed by atoms with Gasteiger partial charge in [-0.15, -0.1) is 0 Å². The van der Waals surface area contributed by atoms with Gasteiger partial charge in [0.25, 0.3) is 5.91 Å². The predicted molar refractivity (Wildman–Crippen MR) is 92.5 cm³/mol. The molecule has 0 spiro atoms. The van der Waals surface area contributed by atoms with Gasteiger partial charge in [0, 0.05) is 12.4 Å². The highest BCUT2D eigenvalue weighted by atomic mass is 16.1. The number of imidazole rings is 2. The quantitative estimate of drug-likeness (QED) is 0.465. The summed E-state index contributed by atoms with van der Waals surface area (Å²) in [5.41, 5.74) is 9.33. The Bertz CT molecular complexity index is 1000. The first-order chi connectivity index (χ1) is 11.7. The molecule has 0 fully saturated rings. The molecule has 1 amide bonds. The number of anilines is 2. The number of amides is 1. The molecule has 0 bridgehead atoms. The van der Waals surface area contributed by atoms with E-state index in [1.54, 1.807) is 12.4 Å². The van der Waals surface area contributed by atoms with Gasteiger partial charge in [0.2, 0.25) is 5.95 Å². The molecule has 7 nitrogen and oxygen atoms in total. The molecule has 4 aromatic rings. The summed E-state index contributed by atoms with van der Waals surface area (Å²) in [7, 11) is 0. The van der Waals surface area contributed by atoms with Crippen LogP contribution in [0.25, 0.3) is 22.2 Å². The van der Waals surface area contributed by atoms with Crippen molar-refractivity contribution in [2.24, 2.45) is 0 Å². The van der Waals surface area contributed by atoms with Crippen LogP contribution >= 0.6 is 0 Å². The zero-order chi connectivity index (χ0) is 16.5. The molecule has 0 saturated heterocycles. The second kappa shape index (κ2) is 5.54. The maximum absolute atomic E-state index is 12.7. The number of fused-ring (bicyclic) bond motifs is 1. The van der Waals surface area contributed by atoms with Gasteiger partial charge in [-0.05, 0) is 23.3 Å². The van der Waals surface area contributed by atoms with Crippen molar-refractivity contribution in [1.29, 1.82) is 0 Å². The fourth-order valence-corrected chi connectivity index (χ4v) is 2.62. The van der Waals surface area contributed by atoms with E-state index in [0.717, 1.165) is 11.1 Å².